The highest BCUT2D eigenvalue weighted by atomic mass is 32.2. The van der Waals surface area contributed by atoms with E-state index in [2.05, 4.69) is 28.9 Å². The van der Waals surface area contributed by atoms with Crippen LogP contribution in [0, 0.1) is 0 Å². The summed E-state index contributed by atoms with van der Waals surface area (Å²) < 4.78 is 1.64. The summed E-state index contributed by atoms with van der Waals surface area (Å²) in [5.41, 5.74) is 8.01. The van der Waals surface area contributed by atoms with Crippen LogP contribution >= 0.6 is 11.8 Å². The topological polar surface area (TPSA) is 72.5 Å². The van der Waals surface area contributed by atoms with Crippen LogP contribution in [0.5, 0.6) is 0 Å². The maximum absolute atomic E-state index is 6.13. The Morgan fingerprint density at radius 3 is 2.84 bits per heavy atom. The summed E-state index contributed by atoms with van der Waals surface area (Å²) in [6.07, 6.45) is 1.78. The van der Waals surface area contributed by atoms with Crippen molar-refractivity contribution in [1.82, 2.24) is 19.7 Å². The van der Waals surface area contributed by atoms with Crippen molar-refractivity contribution in [3.8, 4) is 5.95 Å². The molecule has 0 fully saturated rings. The van der Waals surface area contributed by atoms with Gasteiger partial charge in [0.1, 0.15) is 5.82 Å². The normalized spacial score (nSPS) is 11.5. The Bertz CT molecular complexity index is 680. The van der Waals surface area contributed by atoms with E-state index in [9.17, 15) is 0 Å². The van der Waals surface area contributed by atoms with Gasteiger partial charge in [0.25, 0.3) is 0 Å². The number of nitrogens with one attached hydrogen (secondary N) is 1. The molecule has 0 aliphatic heterocycles. The third-order valence-corrected chi connectivity index (χ3v) is 3.75. The van der Waals surface area contributed by atoms with Gasteiger partial charge in [0.15, 0.2) is 0 Å². The first kappa shape index (κ1) is 12.1. The van der Waals surface area contributed by atoms with Gasteiger partial charge in [-0.3, -0.25) is 0 Å². The molecule has 6 heteroatoms. The van der Waals surface area contributed by atoms with Gasteiger partial charge in [0, 0.05) is 5.25 Å². The van der Waals surface area contributed by atoms with Gasteiger partial charge in [0.05, 0.1) is 22.1 Å². The molecule has 0 saturated heterocycles. The van der Waals surface area contributed by atoms with Crippen molar-refractivity contribution in [1.29, 1.82) is 0 Å². The van der Waals surface area contributed by atoms with Gasteiger partial charge >= 0.3 is 0 Å². The summed E-state index contributed by atoms with van der Waals surface area (Å²) in [4.78, 5) is 8.69. The molecular formula is C13H15N5S. The number of hydrogen-bond donors (Lipinski definition) is 2. The number of imidazole rings is 1. The number of rotatable bonds is 3. The fraction of sp³-hybridized carbons (Fsp3) is 0.231. The lowest BCUT2D eigenvalue weighted by atomic mass is 10.3. The van der Waals surface area contributed by atoms with Crippen LogP contribution in [0.4, 0.5) is 5.82 Å². The molecule has 3 rings (SSSR count). The highest BCUT2D eigenvalue weighted by molar-refractivity contribution is 8.00. The van der Waals surface area contributed by atoms with Crippen LogP contribution in [0.1, 0.15) is 13.8 Å². The number of para-hydroxylation sites is 2. The van der Waals surface area contributed by atoms with Crippen LogP contribution in [0.25, 0.3) is 17.0 Å². The quantitative estimate of drug-likeness (QED) is 0.720. The molecule has 0 aliphatic carbocycles. The summed E-state index contributed by atoms with van der Waals surface area (Å²) in [5.74, 6) is 1.27. The zero-order valence-electron chi connectivity index (χ0n) is 10.8. The van der Waals surface area contributed by atoms with E-state index in [1.807, 2.05) is 24.3 Å². The molecule has 3 N–H and O–H groups in total. The van der Waals surface area contributed by atoms with Crippen molar-refractivity contribution >= 4 is 28.6 Å². The number of nitrogen functional groups attached to an aromatic ring is 1. The first-order chi connectivity index (χ1) is 9.15. The molecule has 0 amide bonds. The molecule has 0 saturated carbocycles. The summed E-state index contributed by atoms with van der Waals surface area (Å²) in [6, 6.07) is 7.87. The maximum Gasteiger partial charge on any atom is 0.231 e. The van der Waals surface area contributed by atoms with Gasteiger partial charge in [0.2, 0.25) is 5.95 Å². The molecule has 0 bridgehead atoms. The molecule has 1 aromatic carbocycles. The van der Waals surface area contributed by atoms with Crippen molar-refractivity contribution < 1.29 is 0 Å². The van der Waals surface area contributed by atoms with Crippen LogP contribution in [-0.2, 0) is 0 Å². The van der Waals surface area contributed by atoms with Gasteiger partial charge in [-0.1, -0.05) is 26.0 Å². The Morgan fingerprint density at radius 1 is 1.32 bits per heavy atom. The molecule has 0 atom stereocenters. The molecule has 0 spiro atoms. The van der Waals surface area contributed by atoms with E-state index in [0.717, 1.165) is 15.9 Å². The zero-order valence-corrected chi connectivity index (χ0v) is 11.6. The third kappa shape index (κ3) is 2.19. The number of nitrogens with zero attached hydrogens (tertiary/aromatic N) is 3. The minimum absolute atomic E-state index is 0.468. The van der Waals surface area contributed by atoms with E-state index in [1.54, 1.807) is 22.6 Å². The fourth-order valence-corrected chi connectivity index (χ4v) is 2.72. The van der Waals surface area contributed by atoms with Gasteiger partial charge < -0.3 is 10.7 Å². The number of benzene rings is 1. The van der Waals surface area contributed by atoms with Crippen molar-refractivity contribution in [2.75, 3.05) is 5.73 Å². The average Bonchev–Trinajstić information content (AvgIpc) is 2.93. The van der Waals surface area contributed by atoms with Crippen LogP contribution in [0.3, 0.4) is 0 Å². The van der Waals surface area contributed by atoms with Crippen molar-refractivity contribution in [2.24, 2.45) is 0 Å². The number of hydrogen-bond acceptors (Lipinski definition) is 4. The van der Waals surface area contributed by atoms with Crippen LogP contribution in [0.2, 0.25) is 0 Å². The second-order valence-electron chi connectivity index (χ2n) is 4.55. The Balaban J connectivity index is 2.04. The van der Waals surface area contributed by atoms with Crippen LogP contribution in [-0.4, -0.2) is 25.0 Å². The first-order valence-corrected chi connectivity index (χ1v) is 6.98. The largest absolute Gasteiger partial charge is 0.383 e. The zero-order chi connectivity index (χ0) is 13.4. The predicted octanol–water partition coefficient (Wildman–Crippen LogP) is 2.83. The summed E-state index contributed by atoms with van der Waals surface area (Å²) in [6.45, 7) is 4.26. The van der Waals surface area contributed by atoms with E-state index in [1.165, 1.54) is 0 Å². The van der Waals surface area contributed by atoms with E-state index in [-0.39, 0.29) is 0 Å². The van der Waals surface area contributed by atoms with Gasteiger partial charge in [-0.15, -0.1) is 11.8 Å². The molecule has 0 aliphatic rings. The SMILES string of the molecule is CC(C)Sc1cnn(-c2nc3ccccc3[nH]2)c1N. The fourth-order valence-electron chi connectivity index (χ4n) is 1.90. The van der Waals surface area contributed by atoms with Crippen LogP contribution in [0.15, 0.2) is 35.4 Å². The Labute approximate surface area is 115 Å². The Kier molecular flexibility index (Phi) is 2.94. The number of thioether (sulfide) groups is 1. The molecule has 98 valence electrons. The molecule has 2 aromatic heterocycles. The molecule has 2 heterocycles. The number of fused-ring (bicyclic) bond motifs is 1. The van der Waals surface area contributed by atoms with E-state index in [4.69, 9.17) is 5.73 Å². The second kappa shape index (κ2) is 4.62. The number of aromatic amines is 1. The molecule has 0 unspecified atom stereocenters. The molecular weight excluding hydrogens is 258 g/mol. The first-order valence-electron chi connectivity index (χ1n) is 6.10. The number of nitrogens with two attached hydrogens (primary N) is 1. The Hall–Kier alpha value is -1.95. The number of H-pyrrole nitrogens is 1. The minimum Gasteiger partial charge on any atom is -0.383 e. The summed E-state index contributed by atoms with van der Waals surface area (Å²) >= 11 is 1.70. The second-order valence-corrected chi connectivity index (χ2v) is 6.17. The lowest BCUT2D eigenvalue weighted by Gasteiger charge is -2.03. The third-order valence-electron chi connectivity index (χ3n) is 2.71. The number of aromatic nitrogens is 4. The average molecular weight is 273 g/mol. The number of anilines is 1. The summed E-state index contributed by atoms with van der Waals surface area (Å²) in [7, 11) is 0. The molecule has 0 radical (unpaired) electrons. The lowest BCUT2D eigenvalue weighted by molar-refractivity contribution is 0.838. The van der Waals surface area contributed by atoms with Crippen molar-refractivity contribution in [2.45, 2.75) is 24.0 Å². The highest BCUT2D eigenvalue weighted by Crippen LogP contribution is 2.29. The highest BCUT2D eigenvalue weighted by Gasteiger charge is 2.13. The minimum atomic E-state index is 0.468. The van der Waals surface area contributed by atoms with Gasteiger partial charge in [-0.05, 0) is 12.1 Å². The Morgan fingerprint density at radius 2 is 2.11 bits per heavy atom. The lowest BCUT2D eigenvalue weighted by Crippen LogP contribution is -2.04. The molecule has 19 heavy (non-hydrogen) atoms. The standard InChI is InChI=1S/C13H15N5S/c1-8(2)19-11-7-15-18(12(11)14)13-16-9-5-3-4-6-10(9)17-13/h3-8H,14H2,1-2H3,(H,16,17). The maximum atomic E-state index is 6.13. The van der Waals surface area contributed by atoms with Crippen molar-refractivity contribution in [3.05, 3.63) is 30.5 Å². The molecule has 3 aromatic rings. The van der Waals surface area contributed by atoms with Crippen molar-refractivity contribution in [3.63, 3.8) is 0 Å². The van der Waals surface area contributed by atoms with E-state index >= 15 is 0 Å². The van der Waals surface area contributed by atoms with Crippen LogP contribution < -0.4 is 5.73 Å². The van der Waals surface area contributed by atoms with E-state index in [0.29, 0.717) is 17.0 Å². The smallest absolute Gasteiger partial charge is 0.231 e. The predicted molar refractivity (Wildman–Crippen MR) is 78.6 cm³/mol. The van der Waals surface area contributed by atoms with E-state index < -0.39 is 0 Å². The monoisotopic (exact) mass is 273 g/mol. The van der Waals surface area contributed by atoms with Gasteiger partial charge in [-0.25, -0.2) is 4.98 Å². The van der Waals surface area contributed by atoms with Gasteiger partial charge in [-0.2, -0.15) is 9.78 Å². The summed E-state index contributed by atoms with van der Waals surface area (Å²) in [5, 5.41) is 4.78. The molecule has 5 nitrogen and oxygen atoms in total.